The molecule has 1 aliphatic carbocycles. The standard InChI is InChI=1S/C20H16FN5O2/c21-14-9-13-15(6-5-11-3-4-11)23-19(27)24-16(13)8-12(14)10-26-17-2-1-7-22-18(17)25-20(26)28/h1-2,7-9,11,15H,3-4,10H2,(H,22,25,28)(H2,23,24,27). The number of carbonyl (C=O) groups excluding carboxylic acids is 1. The molecule has 2 aliphatic rings. The van der Waals surface area contributed by atoms with E-state index in [0.717, 1.165) is 12.8 Å². The number of hydrogen-bond acceptors (Lipinski definition) is 3. The number of anilines is 1. The zero-order valence-corrected chi connectivity index (χ0v) is 14.8. The molecule has 1 aliphatic heterocycles. The summed E-state index contributed by atoms with van der Waals surface area (Å²) in [4.78, 5) is 31.0. The summed E-state index contributed by atoms with van der Waals surface area (Å²) in [7, 11) is 0. The van der Waals surface area contributed by atoms with Crippen LogP contribution in [0.5, 0.6) is 0 Å². The topological polar surface area (TPSA) is 91.8 Å². The number of aromatic nitrogens is 3. The molecule has 8 heteroatoms. The van der Waals surface area contributed by atoms with Crippen LogP contribution in [0.3, 0.4) is 0 Å². The molecular weight excluding hydrogens is 361 g/mol. The Bertz CT molecular complexity index is 1230. The number of imidazole rings is 1. The molecule has 1 unspecified atom stereocenters. The quantitative estimate of drug-likeness (QED) is 0.599. The van der Waals surface area contributed by atoms with Crippen LogP contribution in [0.25, 0.3) is 11.2 Å². The molecule has 0 saturated heterocycles. The van der Waals surface area contributed by atoms with Gasteiger partial charge in [-0.15, -0.1) is 0 Å². The van der Waals surface area contributed by atoms with Gasteiger partial charge in [0.25, 0.3) is 0 Å². The van der Waals surface area contributed by atoms with E-state index in [1.165, 1.54) is 10.6 Å². The van der Waals surface area contributed by atoms with E-state index in [4.69, 9.17) is 0 Å². The number of amides is 2. The van der Waals surface area contributed by atoms with Gasteiger partial charge in [0.2, 0.25) is 0 Å². The Morgan fingerprint density at radius 2 is 2.11 bits per heavy atom. The molecule has 0 bridgehead atoms. The Kier molecular flexibility index (Phi) is 3.69. The van der Waals surface area contributed by atoms with E-state index in [9.17, 15) is 14.0 Å². The van der Waals surface area contributed by atoms with Crippen molar-refractivity contribution in [2.45, 2.75) is 25.4 Å². The van der Waals surface area contributed by atoms with Gasteiger partial charge >= 0.3 is 11.7 Å². The number of carbonyl (C=O) groups is 1. The summed E-state index contributed by atoms with van der Waals surface area (Å²) in [5, 5.41) is 5.42. The fraction of sp³-hybridized carbons (Fsp3) is 0.250. The highest BCUT2D eigenvalue weighted by molar-refractivity contribution is 5.93. The first-order chi connectivity index (χ1) is 13.6. The SMILES string of the molecule is O=C1Nc2cc(Cn3c(=O)[nH]c4ncccc43)c(F)cc2C(C#CC2CC2)N1. The molecule has 7 nitrogen and oxygen atoms in total. The zero-order chi connectivity index (χ0) is 19.3. The van der Waals surface area contributed by atoms with Gasteiger partial charge in [-0.05, 0) is 37.1 Å². The summed E-state index contributed by atoms with van der Waals surface area (Å²) in [5.74, 6) is 6.07. The highest BCUT2D eigenvalue weighted by atomic mass is 19.1. The van der Waals surface area contributed by atoms with Gasteiger partial charge in [0, 0.05) is 28.9 Å². The van der Waals surface area contributed by atoms with E-state index >= 15 is 0 Å². The van der Waals surface area contributed by atoms with Crippen molar-refractivity contribution < 1.29 is 9.18 Å². The number of H-pyrrole nitrogens is 1. The van der Waals surface area contributed by atoms with Gasteiger partial charge < -0.3 is 10.6 Å². The largest absolute Gasteiger partial charge is 0.327 e. The summed E-state index contributed by atoms with van der Waals surface area (Å²) in [6.07, 6.45) is 3.72. The van der Waals surface area contributed by atoms with Crippen molar-refractivity contribution in [3.05, 3.63) is 57.9 Å². The summed E-state index contributed by atoms with van der Waals surface area (Å²) >= 11 is 0. The van der Waals surface area contributed by atoms with Gasteiger partial charge in [0.15, 0.2) is 5.65 Å². The van der Waals surface area contributed by atoms with Gasteiger partial charge in [0.05, 0.1) is 12.1 Å². The number of benzene rings is 1. The van der Waals surface area contributed by atoms with Gasteiger partial charge in [-0.3, -0.25) is 9.55 Å². The third-order valence-electron chi connectivity index (χ3n) is 4.94. The average molecular weight is 377 g/mol. The minimum Gasteiger partial charge on any atom is -0.320 e. The Morgan fingerprint density at radius 3 is 2.93 bits per heavy atom. The van der Waals surface area contributed by atoms with Gasteiger partial charge in [-0.1, -0.05) is 11.8 Å². The van der Waals surface area contributed by atoms with Crippen molar-refractivity contribution in [1.29, 1.82) is 0 Å². The Morgan fingerprint density at radius 1 is 1.25 bits per heavy atom. The molecule has 2 amide bonds. The molecular formula is C20H16FN5O2. The first kappa shape index (κ1) is 16.6. The van der Waals surface area contributed by atoms with E-state index in [1.54, 1.807) is 24.4 Å². The Balaban J connectivity index is 1.54. The normalized spacial score (nSPS) is 18.0. The third-order valence-corrected chi connectivity index (χ3v) is 4.94. The molecule has 1 saturated carbocycles. The number of halogens is 1. The number of urea groups is 1. The predicted octanol–water partition coefficient (Wildman–Crippen LogP) is 2.50. The van der Waals surface area contributed by atoms with Crippen molar-refractivity contribution >= 4 is 22.9 Å². The fourth-order valence-electron chi connectivity index (χ4n) is 3.33. The number of fused-ring (bicyclic) bond motifs is 2. The molecule has 0 radical (unpaired) electrons. The van der Waals surface area contributed by atoms with Crippen LogP contribution in [-0.2, 0) is 6.54 Å². The second kappa shape index (κ2) is 6.23. The van der Waals surface area contributed by atoms with Crippen molar-refractivity contribution in [2.75, 3.05) is 5.32 Å². The number of nitrogens with one attached hydrogen (secondary N) is 3. The molecule has 1 fully saturated rings. The van der Waals surface area contributed by atoms with E-state index in [0.29, 0.717) is 33.9 Å². The third kappa shape index (κ3) is 2.91. The zero-order valence-electron chi connectivity index (χ0n) is 14.8. The maximum atomic E-state index is 14.9. The summed E-state index contributed by atoms with van der Waals surface area (Å²) in [6.45, 7) is 0.0192. The van der Waals surface area contributed by atoms with Crippen LogP contribution >= 0.6 is 0 Å². The minimum absolute atomic E-state index is 0.0192. The first-order valence-corrected chi connectivity index (χ1v) is 9.03. The lowest BCUT2D eigenvalue weighted by atomic mass is 9.99. The van der Waals surface area contributed by atoms with Crippen LogP contribution in [0.4, 0.5) is 14.9 Å². The molecule has 0 spiro atoms. The highest BCUT2D eigenvalue weighted by Gasteiger charge is 2.26. The van der Waals surface area contributed by atoms with Crippen molar-refractivity contribution in [1.82, 2.24) is 19.9 Å². The molecule has 1 aromatic carbocycles. The minimum atomic E-state index is -0.548. The predicted molar refractivity (Wildman–Crippen MR) is 101 cm³/mol. The molecule has 1 atom stereocenters. The van der Waals surface area contributed by atoms with Crippen LogP contribution in [-0.4, -0.2) is 20.6 Å². The smallest absolute Gasteiger partial charge is 0.320 e. The Labute approximate surface area is 159 Å². The van der Waals surface area contributed by atoms with Crippen molar-refractivity contribution in [3.63, 3.8) is 0 Å². The van der Waals surface area contributed by atoms with E-state index in [2.05, 4.69) is 32.4 Å². The van der Waals surface area contributed by atoms with Gasteiger partial charge in [-0.2, -0.15) is 0 Å². The van der Waals surface area contributed by atoms with Crippen LogP contribution < -0.4 is 16.3 Å². The summed E-state index contributed by atoms with van der Waals surface area (Å²) in [6, 6.07) is 5.47. The van der Waals surface area contributed by atoms with Gasteiger partial charge in [-0.25, -0.2) is 19.0 Å². The molecule has 3 N–H and O–H groups in total. The lowest BCUT2D eigenvalue weighted by Crippen LogP contribution is -2.37. The van der Waals surface area contributed by atoms with E-state index in [1.807, 2.05) is 0 Å². The van der Waals surface area contributed by atoms with Crippen LogP contribution in [0.1, 0.15) is 30.0 Å². The molecule has 2 aromatic heterocycles. The molecule has 140 valence electrons. The second-order valence-corrected chi connectivity index (χ2v) is 7.01. The monoisotopic (exact) mass is 377 g/mol. The fourth-order valence-corrected chi connectivity index (χ4v) is 3.33. The molecule has 28 heavy (non-hydrogen) atoms. The van der Waals surface area contributed by atoms with E-state index in [-0.39, 0.29) is 18.3 Å². The van der Waals surface area contributed by atoms with Crippen molar-refractivity contribution in [3.8, 4) is 11.8 Å². The maximum Gasteiger partial charge on any atom is 0.327 e. The van der Waals surface area contributed by atoms with Gasteiger partial charge in [0.1, 0.15) is 11.9 Å². The summed E-state index contributed by atoms with van der Waals surface area (Å²) in [5.41, 5.74) is 2.04. The molecule has 3 aromatic rings. The lowest BCUT2D eigenvalue weighted by molar-refractivity contribution is 0.249. The number of aromatic amines is 1. The number of rotatable bonds is 2. The Hall–Kier alpha value is -3.60. The number of nitrogens with zero attached hydrogens (tertiary/aromatic N) is 2. The van der Waals surface area contributed by atoms with Crippen LogP contribution in [0, 0.1) is 23.6 Å². The number of hydrogen-bond donors (Lipinski definition) is 3. The van der Waals surface area contributed by atoms with E-state index < -0.39 is 11.9 Å². The maximum absolute atomic E-state index is 14.9. The second-order valence-electron chi connectivity index (χ2n) is 7.01. The van der Waals surface area contributed by atoms with Crippen molar-refractivity contribution in [2.24, 2.45) is 5.92 Å². The first-order valence-electron chi connectivity index (χ1n) is 9.03. The molecule has 3 heterocycles. The number of pyridine rings is 1. The van der Waals surface area contributed by atoms with Crippen LogP contribution in [0.2, 0.25) is 0 Å². The lowest BCUT2D eigenvalue weighted by Gasteiger charge is -2.24. The highest BCUT2D eigenvalue weighted by Crippen LogP contribution is 2.32. The average Bonchev–Trinajstić information content (AvgIpc) is 3.45. The molecule has 5 rings (SSSR count). The summed E-state index contributed by atoms with van der Waals surface area (Å²) < 4.78 is 16.3. The van der Waals surface area contributed by atoms with Crippen LogP contribution in [0.15, 0.2) is 35.3 Å².